The Kier molecular flexibility index (Phi) is 5.53. The molecule has 5 nitrogen and oxygen atoms in total. The molecule has 1 aliphatic rings. The molecule has 2 aromatic heterocycles. The molecule has 1 fully saturated rings. The summed E-state index contributed by atoms with van der Waals surface area (Å²) in [5.74, 6) is 1.13. The number of nitrogens with zero attached hydrogens (tertiary/aromatic N) is 2. The molecule has 1 aliphatic carbocycles. The van der Waals surface area contributed by atoms with Crippen LogP contribution in [0.5, 0.6) is 11.6 Å². The summed E-state index contributed by atoms with van der Waals surface area (Å²) in [4.78, 5) is 4.37. The minimum atomic E-state index is -0.242. The second kappa shape index (κ2) is 8.63. The average Bonchev–Trinajstić information content (AvgIpc) is 3.54. The monoisotopic (exact) mass is 431 g/mol. The van der Waals surface area contributed by atoms with Crippen molar-refractivity contribution >= 4 is 10.9 Å². The molecule has 6 heteroatoms. The van der Waals surface area contributed by atoms with Crippen LogP contribution in [0.25, 0.3) is 16.6 Å². The summed E-state index contributed by atoms with van der Waals surface area (Å²) in [6, 6.07) is 19.2. The van der Waals surface area contributed by atoms with Gasteiger partial charge in [-0.05, 0) is 74.4 Å². The van der Waals surface area contributed by atoms with E-state index in [1.807, 2.05) is 53.4 Å². The van der Waals surface area contributed by atoms with E-state index in [2.05, 4.69) is 17.2 Å². The van der Waals surface area contributed by atoms with Crippen molar-refractivity contribution in [2.45, 2.75) is 38.0 Å². The Morgan fingerprint density at radius 1 is 1.06 bits per heavy atom. The van der Waals surface area contributed by atoms with E-state index in [9.17, 15) is 4.39 Å². The predicted molar refractivity (Wildman–Crippen MR) is 123 cm³/mol. The van der Waals surface area contributed by atoms with Crippen molar-refractivity contribution < 1.29 is 13.9 Å². The molecule has 2 aromatic carbocycles. The van der Waals surface area contributed by atoms with Crippen LogP contribution in [0.15, 0.2) is 73.1 Å². The van der Waals surface area contributed by atoms with Gasteiger partial charge in [0.15, 0.2) is 0 Å². The molecule has 164 valence electrons. The number of pyridine rings is 1. The zero-order valence-electron chi connectivity index (χ0n) is 18.2. The number of benzene rings is 2. The summed E-state index contributed by atoms with van der Waals surface area (Å²) in [5, 5.41) is 4.71. The van der Waals surface area contributed by atoms with Gasteiger partial charge in [0.25, 0.3) is 0 Å². The first-order valence-corrected chi connectivity index (χ1v) is 10.9. The van der Waals surface area contributed by atoms with Gasteiger partial charge >= 0.3 is 0 Å². The minimum Gasteiger partial charge on any atom is -0.484 e. The van der Waals surface area contributed by atoms with Crippen LogP contribution in [0.4, 0.5) is 4.39 Å². The molecule has 0 amide bonds. The first-order chi connectivity index (χ1) is 15.6. The lowest BCUT2D eigenvalue weighted by molar-refractivity contribution is 0.160. The Labute approximate surface area is 186 Å². The maximum Gasteiger partial charge on any atom is 0.212 e. The molecule has 0 radical (unpaired) electrons. The summed E-state index contributed by atoms with van der Waals surface area (Å²) < 4.78 is 27.1. The lowest BCUT2D eigenvalue weighted by atomic mass is 10.0. The van der Waals surface area contributed by atoms with Crippen LogP contribution in [0.2, 0.25) is 0 Å². The molecule has 2 heterocycles. The Balaban J connectivity index is 1.43. The average molecular weight is 432 g/mol. The maximum atomic E-state index is 13.3. The number of aromatic nitrogens is 2. The second-order valence-electron chi connectivity index (χ2n) is 8.28. The lowest BCUT2D eigenvalue weighted by Crippen LogP contribution is -2.36. The number of nitrogens with one attached hydrogen (secondary N) is 1. The van der Waals surface area contributed by atoms with Crippen molar-refractivity contribution in [2.75, 3.05) is 7.11 Å². The van der Waals surface area contributed by atoms with Crippen molar-refractivity contribution in [1.29, 1.82) is 0 Å². The number of methoxy groups -OCH3 is 1. The van der Waals surface area contributed by atoms with Gasteiger partial charge in [-0.2, -0.15) is 0 Å². The van der Waals surface area contributed by atoms with Crippen molar-refractivity contribution in [1.82, 2.24) is 14.9 Å². The van der Waals surface area contributed by atoms with Gasteiger partial charge in [-0.15, -0.1) is 0 Å². The minimum absolute atomic E-state index is 0.122. The van der Waals surface area contributed by atoms with E-state index in [0.29, 0.717) is 11.9 Å². The molecule has 0 spiro atoms. The third-order valence-corrected chi connectivity index (χ3v) is 5.86. The number of hydrogen-bond acceptors (Lipinski definition) is 4. The summed E-state index contributed by atoms with van der Waals surface area (Å²) in [7, 11) is 1.61. The summed E-state index contributed by atoms with van der Waals surface area (Å²) in [6.07, 6.45) is 6.04. The quantitative estimate of drug-likeness (QED) is 0.404. The van der Waals surface area contributed by atoms with Gasteiger partial charge in [0.05, 0.1) is 12.6 Å². The van der Waals surface area contributed by atoms with Crippen LogP contribution in [-0.4, -0.2) is 28.7 Å². The first kappa shape index (κ1) is 20.5. The molecule has 4 aromatic rings. The Morgan fingerprint density at radius 2 is 1.88 bits per heavy atom. The standard InChI is InChI=1S/C26H26FN3O2/c1-17(29-21-6-7-21)26(19-3-12-25(31-2)28-16-19)32-23-10-11-24-18(15-23)13-14-30(24)22-8-4-20(27)5-9-22/h3-5,8-17,21,26,29H,6-7H2,1-2H3/t17-,26-/m0/s1. The highest BCUT2D eigenvalue weighted by Crippen LogP contribution is 2.31. The van der Waals surface area contributed by atoms with Crippen LogP contribution in [0.3, 0.4) is 0 Å². The third-order valence-electron chi connectivity index (χ3n) is 5.86. The first-order valence-electron chi connectivity index (χ1n) is 10.9. The van der Waals surface area contributed by atoms with Gasteiger partial charge in [0.1, 0.15) is 17.7 Å². The van der Waals surface area contributed by atoms with E-state index in [-0.39, 0.29) is 18.0 Å². The van der Waals surface area contributed by atoms with E-state index in [0.717, 1.165) is 27.9 Å². The molecular formula is C26H26FN3O2. The highest BCUT2D eigenvalue weighted by atomic mass is 19.1. The molecule has 1 N–H and O–H groups in total. The molecule has 0 bridgehead atoms. The van der Waals surface area contributed by atoms with Crippen LogP contribution >= 0.6 is 0 Å². The van der Waals surface area contributed by atoms with Gasteiger partial charge < -0.3 is 19.4 Å². The van der Waals surface area contributed by atoms with Crippen molar-refractivity contribution in [3.05, 3.63) is 84.4 Å². The largest absolute Gasteiger partial charge is 0.484 e. The second-order valence-corrected chi connectivity index (χ2v) is 8.28. The smallest absolute Gasteiger partial charge is 0.212 e. The van der Waals surface area contributed by atoms with E-state index in [4.69, 9.17) is 9.47 Å². The fourth-order valence-electron chi connectivity index (χ4n) is 4.02. The Hall–Kier alpha value is -3.38. The molecule has 0 saturated heterocycles. The number of fused-ring (bicyclic) bond motifs is 1. The molecule has 0 unspecified atom stereocenters. The fraction of sp³-hybridized carbons (Fsp3) is 0.269. The molecule has 0 aliphatic heterocycles. The van der Waals surface area contributed by atoms with E-state index in [1.54, 1.807) is 19.2 Å². The number of hydrogen-bond donors (Lipinski definition) is 1. The van der Waals surface area contributed by atoms with E-state index < -0.39 is 0 Å². The molecular weight excluding hydrogens is 405 g/mol. The predicted octanol–water partition coefficient (Wildman–Crippen LogP) is 5.43. The highest BCUT2D eigenvalue weighted by Gasteiger charge is 2.29. The van der Waals surface area contributed by atoms with Gasteiger partial charge in [0, 0.05) is 47.2 Å². The van der Waals surface area contributed by atoms with Gasteiger partial charge in [-0.3, -0.25) is 0 Å². The zero-order chi connectivity index (χ0) is 22.1. The van der Waals surface area contributed by atoms with Crippen LogP contribution < -0.4 is 14.8 Å². The molecule has 32 heavy (non-hydrogen) atoms. The van der Waals surface area contributed by atoms with Crippen LogP contribution in [0.1, 0.15) is 31.4 Å². The lowest BCUT2D eigenvalue weighted by Gasteiger charge is -2.26. The highest BCUT2D eigenvalue weighted by molar-refractivity contribution is 5.83. The molecule has 1 saturated carbocycles. The summed E-state index contributed by atoms with van der Waals surface area (Å²) in [5.41, 5.74) is 2.95. The SMILES string of the molecule is COc1ccc([C@@H](Oc2ccc3c(ccn3-c3ccc(F)cc3)c2)[C@H](C)NC2CC2)cn1. The van der Waals surface area contributed by atoms with Crippen molar-refractivity contribution in [3.8, 4) is 17.3 Å². The van der Waals surface area contributed by atoms with E-state index in [1.165, 1.54) is 25.0 Å². The number of ether oxygens (including phenoxy) is 2. The fourth-order valence-corrected chi connectivity index (χ4v) is 4.02. The van der Waals surface area contributed by atoms with Crippen molar-refractivity contribution in [2.24, 2.45) is 0 Å². The van der Waals surface area contributed by atoms with E-state index >= 15 is 0 Å². The van der Waals surface area contributed by atoms with Crippen LogP contribution in [0, 0.1) is 5.82 Å². The maximum absolute atomic E-state index is 13.3. The summed E-state index contributed by atoms with van der Waals surface area (Å²) >= 11 is 0. The molecule has 2 atom stereocenters. The van der Waals surface area contributed by atoms with Crippen molar-refractivity contribution in [3.63, 3.8) is 0 Å². The number of halogens is 1. The third kappa shape index (κ3) is 4.32. The van der Waals surface area contributed by atoms with Gasteiger partial charge in [-0.1, -0.05) is 0 Å². The zero-order valence-corrected chi connectivity index (χ0v) is 18.2. The van der Waals surface area contributed by atoms with Crippen LogP contribution in [-0.2, 0) is 0 Å². The van der Waals surface area contributed by atoms with Gasteiger partial charge in [-0.25, -0.2) is 9.37 Å². The topological polar surface area (TPSA) is 48.3 Å². The normalized spacial score (nSPS) is 15.5. The summed E-state index contributed by atoms with van der Waals surface area (Å²) in [6.45, 7) is 2.15. The molecule has 5 rings (SSSR count). The van der Waals surface area contributed by atoms with Gasteiger partial charge in [0.2, 0.25) is 5.88 Å². The Morgan fingerprint density at radius 3 is 2.56 bits per heavy atom. The number of rotatable bonds is 8. The Bertz CT molecular complexity index is 1200.